The fourth-order valence-electron chi connectivity index (χ4n) is 2.72. The molecule has 2 unspecified atom stereocenters. The van der Waals surface area contributed by atoms with E-state index in [-0.39, 0.29) is 11.4 Å². The standard InChI is InChI=1S/C17H16BrNO5/c1-17(2)23-15(21)14(16(22)24-17)13-11(7-8-12(13)20)19-10-5-3-9(18)4-6-10/h3-8,11,13,19,21H,1-2H3. The van der Waals surface area contributed by atoms with Gasteiger partial charge in [-0.2, -0.15) is 0 Å². The van der Waals surface area contributed by atoms with E-state index in [1.54, 1.807) is 6.08 Å². The van der Waals surface area contributed by atoms with Crippen molar-refractivity contribution in [2.24, 2.45) is 5.92 Å². The molecular formula is C17H16BrNO5. The van der Waals surface area contributed by atoms with E-state index in [1.807, 2.05) is 24.3 Å². The van der Waals surface area contributed by atoms with Gasteiger partial charge in [-0.05, 0) is 30.3 Å². The molecule has 2 N–H and O–H groups in total. The molecule has 0 aromatic heterocycles. The molecule has 6 nitrogen and oxygen atoms in total. The maximum atomic E-state index is 12.3. The number of aliphatic hydroxyl groups is 1. The highest BCUT2D eigenvalue weighted by Gasteiger charge is 2.45. The van der Waals surface area contributed by atoms with E-state index in [9.17, 15) is 14.7 Å². The molecule has 24 heavy (non-hydrogen) atoms. The smallest absolute Gasteiger partial charge is 0.345 e. The van der Waals surface area contributed by atoms with Gasteiger partial charge in [-0.3, -0.25) is 4.79 Å². The third-order valence-electron chi connectivity index (χ3n) is 3.75. The van der Waals surface area contributed by atoms with Crippen molar-refractivity contribution in [1.29, 1.82) is 0 Å². The van der Waals surface area contributed by atoms with Crippen LogP contribution in [0.2, 0.25) is 0 Å². The van der Waals surface area contributed by atoms with E-state index in [2.05, 4.69) is 21.2 Å². The number of aliphatic hydroxyl groups excluding tert-OH is 1. The number of halogens is 1. The molecule has 7 heteroatoms. The maximum Gasteiger partial charge on any atom is 0.345 e. The zero-order valence-corrected chi connectivity index (χ0v) is 14.7. The van der Waals surface area contributed by atoms with Gasteiger partial charge < -0.3 is 19.9 Å². The van der Waals surface area contributed by atoms with Crippen molar-refractivity contribution >= 4 is 33.4 Å². The molecule has 2 aliphatic rings. The van der Waals surface area contributed by atoms with E-state index < -0.39 is 29.7 Å². The van der Waals surface area contributed by atoms with Crippen molar-refractivity contribution in [2.75, 3.05) is 5.32 Å². The van der Waals surface area contributed by atoms with Crippen molar-refractivity contribution in [1.82, 2.24) is 0 Å². The highest BCUT2D eigenvalue weighted by molar-refractivity contribution is 9.10. The fraction of sp³-hybridized carbons (Fsp3) is 0.294. The summed E-state index contributed by atoms with van der Waals surface area (Å²) in [4.78, 5) is 24.5. The zero-order chi connectivity index (χ0) is 17.5. The first-order valence-electron chi connectivity index (χ1n) is 7.36. The van der Waals surface area contributed by atoms with Gasteiger partial charge in [0, 0.05) is 24.0 Å². The van der Waals surface area contributed by atoms with Crippen LogP contribution < -0.4 is 5.32 Å². The Bertz CT molecular complexity index is 751. The summed E-state index contributed by atoms with van der Waals surface area (Å²) in [6, 6.07) is 6.90. The van der Waals surface area contributed by atoms with Crippen LogP contribution in [0.25, 0.3) is 0 Å². The van der Waals surface area contributed by atoms with Crippen LogP contribution in [0.4, 0.5) is 5.69 Å². The number of rotatable bonds is 3. The van der Waals surface area contributed by atoms with Crippen LogP contribution in [0.5, 0.6) is 0 Å². The molecule has 1 aromatic carbocycles. The lowest BCUT2D eigenvalue weighted by atomic mass is 9.91. The summed E-state index contributed by atoms with van der Waals surface area (Å²) in [5.74, 6) is -3.80. The molecule has 0 spiro atoms. The first-order valence-corrected chi connectivity index (χ1v) is 8.16. The zero-order valence-electron chi connectivity index (χ0n) is 13.1. The number of nitrogens with one attached hydrogen (secondary N) is 1. The van der Waals surface area contributed by atoms with Crippen molar-refractivity contribution in [3.8, 4) is 0 Å². The fourth-order valence-corrected chi connectivity index (χ4v) is 2.98. The third-order valence-corrected chi connectivity index (χ3v) is 4.28. The average molecular weight is 394 g/mol. The second-order valence-electron chi connectivity index (χ2n) is 6.03. The minimum Gasteiger partial charge on any atom is -0.480 e. The molecule has 0 amide bonds. The molecule has 1 aromatic rings. The number of ketones is 1. The van der Waals surface area contributed by atoms with E-state index in [0.717, 1.165) is 10.2 Å². The first kappa shape index (κ1) is 16.6. The highest BCUT2D eigenvalue weighted by atomic mass is 79.9. The number of anilines is 1. The largest absolute Gasteiger partial charge is 0.480 e. The lowest BCUT2D eigenvalue weighted by Gasteiger charge is -2.33. The number of carbonyl (C=O) groups excluding carboxylic acids is 2. The summed E-state index contributed by atoms with van der Waals surface area (Å²) in [6.45, 7) is 3.01. The lowest BCUT2D eigenvalue weighted by Crippen LogP contribution is -2.42. The van der Waals surface area contributed by atoms with Crippen LogP contribution in [-0.2, 0) is 19.1 Å². The van der Waals surface area contributed by atoms with E-state index >= 15 is 0 Å². The molecule has 0 saturated carbocycles. The summed E-state index contributed by atoms with van der Waals surface area (Å²) in [5.41, 5.74) is 0.608. The highest BCUT2D eigenvalue weighted by Crippen LogP contribution is 2.34. The predicted molar refractivity (Wildman–Crippen MR) is 90.1 cm³/mol. The molecule has 126 valence electrons. The van der Waals surface area contributed by atoms with Gasteiger partial charge in [0.2, 0.25) is 0 Å². The Hall–Kier alpha value is -2.28. The van der Waals surface area contributed by atoms with Crippen molar-refractivity contribution in [3.05, 3.63) is 52.4 Å². The number of carbonyl (C=O) groups is 2. The summed E-state index contributed by atoms with van der Waals surface area (Å²) < 4.78 is 11.3. The van der Waals surface area contributed by atoms with Gasteiger partial charge in [0.15, 0.2) is 5.78 Å². The normalized spacial score (nSPS) is 25.5. The molecule has 3 rings (SSSR count). The summed E-state index contributed by atoms with van der Waals surface area (Å²) in [7, 11) is 0. The molecule has 1 heterocycles. The molecule has 0 bridgehead atoms. The van der Waals surface area contributed by atoms with Gasteiger partial charge in [-0.15, -0.1) is 0 Å². The van der Waals surface area contributed by atoms with Gasteiger partial charge in [0.05, 0.1) is 12.0 Å². The Morgan fingerprint density at radius 2 is 1.83 bits per heavy atom. The number of hydrogen-bond acceptors (Lipinski definition) is 6. The molecule has 0 saturated heterocycles. The average Bonchev–Trinajstić information content (AvgIpc) is 2.81. The monoisotopic (exact) mass is 393 g/mol. The minimum atomic E-state index is -1.27. The van der Waals surface area contributed by atoms with Crippen molar-refractivity contribution < 1.29 is 24.2 Å². The Morgan fingerprint density at radius 3 is 2.46 bits per heavy atom. The van der Waals surface area contributed by atoms with Crippen LogP contribution in [0, 0.1) is 5.92 Å². The second-order valence-corrected chi connectivity index (χ2v) is 6.94. The predicted octanol–water partition coefficient (Wildman–Crippen LogP) is 3.06. The SMILES string of the molecule is CC1(C)OC(=O)C(C2C(=O)C=CC2Nc2ccc(Br)cc2)=C(O)O1. The van der Waals surface area contributed by atoms with Gasteiger partial charge >= 0.3 is 5.97 Å². The first-order chi connectivity index (χ1) is 11.3. The van der Waals surface area contributed by atoms with Crippen LogP contribution in [0.3, 0.4) is 0 Å². The molecule has 1 aliphatic heterocycles. The van der Waals surface area contributed by atoms with Gasteiger partial charge in [0.1, 0.15) is 5.57 Å². The minimum absolute atomic E-state index is 0.168. The summed E-state index contributed by atoms with van der Waals surface area (Å²) in [6.07, 6.45) is 3.04. The van der Waals surface area contributed by atoms with Gasteiger partial charge in [0.25, 0.3) is 11.7 Å². The quantitative estimate of drug-likeness (QED) is 0.767. The maximum absolute atomic E-state index is 12.3. The molecule has 2 atom stereocenters. The van der Waals surface area contributed by atoms with Crippen LogP contribution in [0.1, 0.15) is 13.8 Å². The lowest BCUT2D eigenvalue weighted by molar-refractivity contribution is -0.223. The van der Waals surface area contributed by atoms with Crippen LogP contribution in [0.15, 0.2) is 52.4 Å². The second kappa shape index (κ2) is 5.98. The van der Waals surface area contributed by atoms with E-state index in [1.165, 1.54) is 19.9 Å². The number of benzene rings is 1. The Labute approximate surface area is 147 Å². The molecular weight excluding hydrogens is 378 g/mol. The van der Waals surface area contributed by atoms with Crippen molar-refractivity contribution in [3.63, 3.8) is 0 Å². The Kier molecular flexibility index (Phi) is 4.13. The topological polar surface area (TPSA) is 84.9 Å². The molecule has 1 aliphatic carbocycles. The number of hydrogen-bond donors (Lipinski definition) is 2. The number of allylic oxidation sites excluding steroid dienone is 1. The van der Waals surface area contributed by atoms with E-state index in [0.29, 0.717) is 0 Å². The number of ether oxygens (including phenoxy) is 2. The van der Waals surface area contributed by atoms with Crippen LogP contribution in [-0.4, -0.2) is 28.7 Å². The van der Waals surface area contributed by atoms with Gasteiger partial charge in [-0.1, -0.05) is 22.0 Å². The molecule has 0 radical (unpaired) electrons. The van der Waals surface area contributed by atoms with Crippen molar-refractivity contribution in [2.45, 2.75) is 25.7 Å². The third kappa shape index (κ3) is 3.17. The Morgan fingerprint density at radius 1 is 1.17 bits per heavy atom. The number of cyclic esters (lactones) is 1. The number of esters is 1. The Balaban J connectivity index is 1.89. The summed E-state index contributed by atoms with van der Waals surface area (Å²) >= 11 is 3.35. The molecule has 0 fully saturated rings. The van der Waals surface area contributed by atoms with E-state index in [4.69, 9.17) is 9.47 Å². The summed E-state index contributed by atoms with van der Waals surface area (Å²) in [5, 5.41) is 13.3. The van der Waals surface area contributed by atoms with Gasteiger partial charge in [-0.25, -0.2) is 4.79 Å². The van der Waals surface area contributed by atoms with Crippen LogP contribution >= 0.6 is 15.9 Å².